The van der Waals surface area contributed by atoms with E-state index < -0.39 is 17.6 Å². The summed E-state index contributed by atoms with van der Waals surface area (Å²) in [5.41, 5.74) is -0.606. The summed E-state index contributed by atoms with van der Waals surface area (Å²) in [6.07, 6.45) is -3.88. The van der Waals surface area contributed by atoms with E-state index in [1.165, 1.54) is 34.5 Å². The summed E-state index contributed by atoms with van der Waals surface area (Å²) < 4.78 is 40.6. The van der Waals surface area contributed by atoms with Crippen LogP contribution in [0.3, 0.4) is 0 Å². The number of fused-ring (bicyclic) bond motifs is 1. The monoisotopic (exact) mass is 429 g/mol. The maximum Gasteiger partial charge on any atom is 0.418 e. The molecule has 1 unspecified atom stereocenters. The molecule has 0 fully saturated rings. The van der Waals surface area contributed by atoms with Gasteiger partial charge < -0.3 is 5.32 Å². The molecule has 1 aliphatic rings. The number of carbonyl (C=O) groups is 1. The molecule has 5 nitrogen and oxygen atoms in total. The summed E-state index contributed by atoms with van der Waals surface area (Å²) in [6, 6.07) is 4.81. The molecule has 1 amide bonds. The van der Waals surface area contributed by atoms with Crippen LogP contribution in [0.4, 0.5) is 18.9 Å². The highest BCUT2D eigenvalue weighted by molar-refractivity contribution is 8.00. The van der Waals surface area contributed by atoms with Crippen molar-refractivity contribution in [2.45, 2.75) is 48.3 Å². The van der Waals surface area contributed by atoms with Gasteiger partial charge in [-0.3, -0.25) is 14.2 Å². The lowest BCUT2D eigenvalue weighted by Gasteiger charge is -2.14. The molecule has 1 atom stereocenters. The normalized spacial score (nSPS) is 16.1. The van der Waals surface area contributed by atoms with Crippen molar-refractivity contribution in [3.8, 4) is 0 Å². The number of nitrogens with zero attached hydrogens (tertiary/aromatic N) is 2. The molecule has 0 saturated heterocycles. The number of halogens is 3. The Morgan fingerprint density at radius 3 is 2.79 bits per heavy atom. The SMILES string of the molecule is CCn1c(SCC(=O)Nc2ccccc2C(F)(F)F)nc2c(c1=O)SC(C)C2. The van der Waals surface area contributed by atoms with Crippen molar-refractivity contribution in [1.29, 1.82) is 0 Å². The Morgan fingerprint density at radius 1 is 1.39 bits per heavy atom. The van der Waals surface area contributed by atoms with Gasteiger partial charge in [0.25, 0.3) is 5.56 Å². The number of nitrogens with one attached hydrogen (secondary N) is 1. The van der Waals surface area contributed by atoms with Gasteiger partial charge >= 0.3 is 6.18 Å². The number of benzene rings is 1. The van der Waals surface area contributed by atoms with Crippen molar-refractivity contribution in [2.24, 2.45) is 0 Å². The van der Waals surface area contributed by atoms with E-state index in [4.69, 9.17) is 0 Å². The van der Waals surface area contributed by atoms with Crippen molar-refractivity contribution in [3.63, 3.8) is 0 Å². The zero-order chi connectivity index (χ0) is 20.5. The predicted molar refractivity (Wildman–Crippen MR) is 104 cm³/mol. The second-order valence-electron chi connectivity index (χ2n) is 6.23. The number of carbonyl (C=O) groups excluding carboxylic acids is 1. The van der Waals surface area contributed by atoms with Crippen LogP contribution in [-0.2, 0) is 23.9 Å². The number of rotatable bonds is 5. The third-order valence-corrected chi connectivity index (χ3v) is 6.31. The quantitative estimate of drug-likeness (QED) is 0.574. The highest BCUT2D eigenvalue weighted by Crippen LogP contribution is 2.35. The molecule has 3 rings (SSSR count). The first-order chi connectivity index (χ1) is 13.2. The zero-order valence-electron chi connectivity index (χ0n) is 15.2. The molecule has 0 bridgehead atoms. The summed E-state index contributed by atoms with van der Waals surface area (Å²) >= 11 is 2.54. The third kappa shape index (κ3) is 4.38. The van der Waals surface area contributed by atoms with Crippen LogP contribution in [0.15, 0.2) is 39.1 Å². The average molecular weight is 429 g/mol. The highest BCUT2D eigenvalue weighted by atomic mass is 32.2. The van der Waals surface area contributed by atoms with Gasteiger partial charge in [-0.25, -0.2) is 4.98 Å². The van der Waals surface area contributed by atoms with Crippen molar-refractivity contribution >= 4 is 35.1 Å². The molecular weight excluding hydrogens is 411 g/mol. The van der Waals surface area contributed by atoms with Crippen LogP contribution < -0.4 is 10.9 Å². The van der Waals surface area contributed by atoms with Crippen LogP contribution in [0, 0.1) is 0 Å². The van der Waals surface area contributed by atoms with Gasteiger partial charge in [0.1, 0.15) is 0 Å². The third-order valence-electron chi connectivity index (χ3n) is 4.12. The fraction of sp³-hybridized carbons (Fsp3) is 0.389. The molecule has 2 heterocycles. The van der Waals surface area contributed by atoms with Gasteiger partial charge in [0.05, 0.1) is 27.6 Å². The van der Waals surface area contributed by atoms with Gasteiger partial charge in [-0.2, -0.15) is 13.2 Å². The van der Waals surface area contributed by atoms with E-state index in [9.17, 15) is 22.8 Å². The molecule has 2 aromatic rings. The van der Waals surface area contributed by atoms with E-state index in [1.807, 2.05) is 13.8 Å². The summed E-state index contributed by atoms with van der Waals surface area (Å²) in [7, 11) is 0. The molecule has 0 aliphatic carbocycles. The number of anilines is 1. The van der Waals surface area contributed by atoms with Gasteiger partial charge in [-0.1, -0.05) is 30.8 Å². The molecule has 1 aromatic heterocycles. The van der Waals surface area contributed by atoms with Crippen molar-refractivity contribution in [1.82, 2.24) is 9.55 Å². The second kappa shape index (κ2) is 8.20. The first kappa shape index (κ1) is 20.8. The first-order valence-electron chi connectivity index (χ1n) is 8.60. The fourth-order valence-electron chi connectivity index (χ4n) is 2.88. The Balaban J connectivity index is 1.75. The molecule has 1 aliphatic heterocycles. The van der Waals surface area contributed by atoms with Crippen LogP contribution >= 0.6 is 23.5 Å². The summed E-state index contributed by atoms with van der Waals surface area (Å²) in [6.45, 7) is 4.22. The fourth-order valence-corrected chi connectivity index (χ4v) is 4.87. The smallest absolute Gasteiger partial charge is 0.325 e. The van der Waals surface area contributed by atoms with Gasteiger partial charge in [0, 0.05) is 18.2 Å². The lowest BCUT2D eigenvalue weighted by molar-refractivity contribution is -0.137. The first-order valence-corrected chi connectivity index (χ1v) is 10.5. The average Bonchev–Trinajstić information content (AvgIpc) is 3.00. The van der Waals surface area contributed by atoms with Crippen LogP contribution in [0.5, 0.6) is 0 Å². The Labute approximate surface area is 168 Å². The highest BCUT2D eigenvalue weighted by Gasteiger charge is 2.33. The number of hydrogen-bond donors (Lipinski definition) is 1. The Kier molecular flexibility index (Phi) is 6.09. The van der Waals surface area contributed by atoms with Gasteiger partial charge in [-0.05, 0) is 19.1 Å². The van der Waals surface area contributed by atoms with Gasteiger partial charge in [0.15, 0.2) is 5.16 Å². The number of para-hydroxylation sites is 1. The maximum absolute atomic E-state index is 13.0. The topological polar surface area (TPSA) is 64.0 Å². The minimum absolute atomic E-state index is 0.132. The Bertz CT molecular complexity index is 960. The molecule has 0 radical (unpaired) electrons. The van der Waals surface area contributed by atoms with Crippen molar-refractivity contribution < 1.29 is 18.0 Å². The molecule has 150 valence electrons. The van der Waals surface area contributed by atoms with E-state index in [1.54, 1.807) is 0 Å². The molecule has 1 N–H and O–H groups in total. The second-order valence-corrected chi connectivity index (χ2v) is 8.62. The Hall–Kier alpha value is -1.94. The number of aromatic nitrogens is 2. The lowest BCUT2D eigenvalue weighted by Crippen LogP contribution is -2.25. The summed E-state index contributed by atoms with van der Waals surface area (Å²) in [5, 5.41) is 2.97. The number of thioether (sulfide) groups is 2. The number of alkyl halides is 3. The van der Waals surface area contributed by atoms with E-state index in [0.717, 1.165) is 23.5 Å². The van der Waals surface area contributed by atoms with Crippen LogP contribution in [-0.4, -0.2) is 26.5 Å². The van der Waals surface area contributed by atoms with E-state index in [-0.39, 0.29) is 22.2 Å². The van der Waals surface area contributed by atoms with Gasteiger partial charge in [-0.15, -0.1) is 11.8 Å². The van der Waals surface area contributed by atoms with Crippen molar-refractivity contribution in [3.05, 3.63) is 45.9 Å². The zero-order valence-corrected chi connectivity index (χ0v) is 16.8. The van der Waals surface area contributed by atoms with Crippen molar-refractivity contribution in [2.75, 3.05) is 11.1 Å². The number of hydrogen-bond acceptors (Lipinski definition) is 5. The molecule has 10 heteroatoms. The Morgan fingerprint density at radius 2 is 2.11 bits per heavy atom. The minimum atomic E-state index is -4.56. The van der Waals surface area contributed by atoms with Crippen LogP contribution in [0.2, 0.25) is 0 Å². The molecule has 1 aromatic carbocycles. The maximum atomic E-state index is 13.0. The van der Waals surface area contributed by atoms with E-state index in [2.05, 4.69) is 10.3 Å². The van der Waals surface area contributed by atoms with Crippen LogP contribution in [0.1, 0.15) is 25.1 Å². The molecule has 28 heavy (non-hydrogen) atoms. The van der Waals surface area contributed by atoms with Gasteiger partial charge in [0.2, 0.25) is 5.91 Å². The molecule has 0 saturated carbocycles. The minimum Gasteiger partial charge on any atom is -0.325 e. The molecular formula is C18H18F3N3O2S2. The van der Waals surface area contributed by atoms with E-state index >= 15 is 0 Å². The standard InChI is InChI=1S/C18H18F3N3O2S2/c1-3-24-16(26)15-13(8-10(2)28-15)23-17(24)27-9-14(25)22-12-7-5-4-6-11(12)18(19,20)21/h4-7,10H,3,8-9H2,1-2H3,(H,22,25). The number of amides is 1. The van der Waals surface area contributed by atoms with Crippen LogP contribution in [0.25, 0.3) is 0 Å². The summed E-state index contributed by atoms with van der Waals surface area (Å²) in [5.74, 6) is -0.748. The largest absolute Gasteiger partial charge is 0.418 e. The van der Waals surface area contributed by atoms with E-state index in [0.29, 0.717) is 23.0 Å². The summed E-state index contributed by atoms with van der Waals surface area (Å²) in [4.78, 5) is 30.0. The molecule has 0 spiro atoms. The lowest BCUT2D eigenvalue weighted by atomic mass is 10.1. The predicted octanol–water partition coefficient (Wildman–Crippen LogP) is 4.05.